The Hall–Kier alpha value is -1.83. The van der Waals surface area contributed by atoms with Gasteiger partial charge in [0.05, 0.1) is 0 Å². The Bertz CT molecular complexity index is 801. The number of hydrogen-bond donors (Lipinski definition) is 0. The number of halogens is 2. The Balaban J connectivity index is 2.07. The molecule has 0 aromatic heterocycles. The lowest BCUT2D eigenvalue weighted by Crippen LogP contribution is -2.02. The minimum absolute atomic E-state index is 0.301. The minimum Gasteiger partial charge on any atom is -0.298 e. The summed E-state index contributed by atoms with van der Waals surface area (Å²) < 4.78 is 0. The molecule has 3 heteroatoms. The molecule has 1 atom stereocenters. The molecular weight excluding hydrogens is 327 g/mol. The van der Waals surface area contributed by atoms with Gasteiger partial charge in [-0.25, -0.2) is 0 Å². The molecule has 0 heterocycles. The second-order valence-electron chi connectivity index (χ2n) is 5.82. The molecule has 0 amide bonds. The molecule has 1 unspecified atom stereocenters. The van der Waals surface area contributed by atoms with E-state index >= 15 is 0 Å². The van der Waals surface area contributed by atoms with E-state index in [-0.39, 0.29) is 0 Å². The molecule has 116 valence electrons. The lowest BCUT2D eigenvalue weighted by molar-refractivity contribution is 0.112. The molecule has 1 nitrogen and oxygen atoms in total. The molecule has 1 aliphatic carbocycles. The Labute approximate surface area is 146 Å². The Morgan fingerprint density at radius 2 is 1.65 bits per heavy atom. The first-order valence-electron chi connectivity index (χ1n) is 7.49. The second-order valence-corrected chi connectivity index (χ2v) is 6.69. The first-order valence-corrected chi connectivity index (χ1v) is 8.25. The normalized spacial score (nSPS) is 17.4. The van der Waals surface area contributed by atoms with E-state index in [0.717, 1.165) is 34.4 Å². The first-order chi connectivity index (χ1) is 11.1. The van der Waals surface area contributed by atoms with Gasteiger partial charge in [-0.3, -0.25) is 4.79 Å². The third-order valence-corrected chi connectivity index (χ3v) is 4.83. The summed E-state index contributed by atoms with van der Waals surface area (Å²) in [6.45, 7) is 2.11. The van der Waals surface area contributed by atoms with Crippen molar-refractivity contribution in [3.8, 4) is 11.1 Å². The number of aldehydes is 1. The molecule has 3 rings (SSSR count). The summed E-state index contributed by atoms with van der Waals surface area (Å²) in [5.41, 5.74) is 4.97. The lowest BCUT2D eigenvalue weighted by Gasteiger charge is -2.19. The summed E-state index contributed by atoms with van der Waals surface area (Å²) >= 11 is 12.1. The number of hydrogen-bond acceptors (Lipinski definition) is 1. The SMILES string of the molecule is CC1CC(c2cc(C=O)cc(-c3ccc(Cl)cc3)c2)=CC=C1Cl. The number of rotatable bonds is 3. The molecule has 0 saturated carbocycles. The monoisotopic (exact) mass is 342 g/mol. The summed E-state index contributed by atoms with van der Waals surface area (Å²) in [5, 5.41) is 1.57. The van der Waals surface area contributed by atoms with Gasteiger partial charge >= 0.3 is 0 Å². The van der Waals surface area contributed by atoms with Gasteiger partial charge in [0.15, 0.2) is 0 Å². The predicted octanol–water partition coefficient (Wildman–Crippen LogP) is 6.37. The highest BCUT2D eigenvalue weighted by atomic mass is 35.5. The molecule has 0 bridgehead atoms. The third-order valence-electron chi connectivity index (χ3n) is 4.08. The zero-order valence-electron chi connectivity index (χ0n) is 12.7. The van der Waals surface area contributed by atoms with Crippen LogP contribution in [0.25, 0.3) is 16.7 Å². The lowest BCUT2D eigenvalue weighted by atomic mass is 9.88. The fraction of sp³-hybridized carbons (Fsp3) is 0.150. The quantitative estimate of drug-likeness (QED) is 0.592. The fourth-order valence-corrected chi connectivity index (χ4v) is 3.03. The van der Waals surface area contributed by atoms with Gasteiger partial charge in [0.2, 0.25) is 0 Å². The van der Waals surface area contributed by atoms with Gasteiger partial charge in [0.1, 0.15) is 6.29 Å². The van der Waals surface area contributed by atoms with E-state index in [2.05, 4.69) is 13.0 Å². The van der Waals surface area contributed by atoms with Crippen molar-refractivity contribution in [3.63, 3.8) is 0 Å². The van der Waals surface area contributed by atoms with Gasteiger partial charge < -0.3 is 0 Å². The van der Waals surface area contributed by atoms with Gasteiger partial charge in [-0.05, 0) is 71.0 Å². The highest BCUT2D eigenvalue weighted by Crippen LogP contribution is 2.35. The van der Waals surface area contributed by atoms with Crippen molar-refractivity contribution in [2.24, 2.45) is 5.92 Å². The van der Waals surface area contributed by atoms with Crippen molar-refractivity contribution >= 4 is 35.1 Å². The number of benzene rings is 2. The smallest absolute Gasteiger partial charge is 0.150 e. The van der Waals surface area contributed by atoms with Gasteiger partial charge in [-0.15, -0.1) is 0 Å². The summed E-state index contributed by atoms with van der Waals surface area (Å²) in [5.74, 6) is 0.301. The fourth-order valence-electron chi connectivity index (χ4n) is 2.77. The number of allylic oxidation sites excluding steroid dienone is 4. The number of carbonyl (C=O) groups excluding carboxylic acids is 1. The van der Waals surface area contributed by atoms with Gasteiger partial charge in [-0.2, -0.15) is 0 Å². The molecule has 0 saturated heterocycles. The van der Waals surface area contributed by atoms with Gasteiger partial charge in [0, 0.05) is 15.6 Å². The second kappa shape index (κ2) is 6.74. The molecule has 0 N–H and O–H groups in total. The van der Waals surface area contributed by atoms with E-state index in [4.69, 9.17) is 23.2 Å². The van der Waals surface area contributed by atoms with E-state index in [1.165, 1.54) is 5.57 Å². The molecule has 2 aromatic carbocycles. The topological polar surface area (TPSA) is 17.1 Å². The Kier molecular flexibility index (Phi) is 4.70. The van der Waals surface area contributed by atoms with Crippen molar-refractivity contribution in [1.82, 2.24) is 0 Å². The van der Waals surface area contributed by atoms with Crippen molar-refractivity contribution in [2.75, 3.05) is 0 Å². The number of carbonyl (C=O) groups is 1. The Morgan fingerprint density at radius 3 is 2.30 bits per heavy atom. The van der Waals surface area contributed by atoms with Crippen LogP contribution in [-0.2, 0) is 0 Å². The largest absolute Gasteiger partial charge is 0.298 e. The predicted molar refractivity (Wildman–Crippen MR) is 98.0 cm³/mol. The average Bonchev–Trinajstić information content (AvgIpc) is 2.57. The van der Waals surface area contributed by atoms with Crippen LogP contribution in [-0.4, -0.2) is 6.29 Å². The molecule has 0 spiro atoms. The summed E-state index contributed by atoms with van der Waals surface area (Å²) in [6.07, 6.45) is 5.74. The highest BCUT2D eigenvalue weighted by Gasteiger charge is 2.15. The molecule has 0 aliphatic heterocycles. The van der Waals surface area contributed by atoms with Crippen LogP contribution in [0.4, 0.5) is 0 Å². The van der Waals surface area contributed by atoms with E-state index in [0.29, 0.717) is 16.5 Å². The van der Waals surface area contributed by atoms with Crippen LogP contribution in [0.1, 0.15) is 29.3 Å². The van der Waals surface area contributed by atoms with Gasteiger partial charge in [-0.1, -0.05) is 48.3 Å². The van der Waals surface area contributed by atoms with Crippen molar-refractivity contribution < 1.29 is 4.79 Å². The third kappa shape index (κ3) is 3.57. The van der Waals surface area contributed by atoms with Crippen molar-refractivity contribution in [1.29, 1.82) is 0 Å². The zero-order chi connectivity index (χ0) is 16.4. The Morgan fingerprint density at radius 1 is 0.957 bits per heavy atom. The van der Waals surface area contributed by atoms with Crippen molar-refractivity contribution in [2.45, 2.75) is 13.3 Å². The first kappa shape index (κ1) is 16.0. The molecule has 1 aliphatic rings. The molecular formula is C20H16Cl2O. The maximum Gasteiger partial charge on any atom is 0.150 e. The highest BCUT2D eigenvalue weighted by molar-refractivity contribution is 6.30. The molecule has 0 radical (unpaired) electrons. The summed E-state index contributed by atoms with van der Waals surface area (Å²) in [7, 11) is 0. The summed E-state index contributed by atoms with van der Waals surface area (Å²) in [4.78, 5) is 11.3. The minimum atomic E-state index is 0.301. The van der Waals surface area contributed by atoms with Crippen molar-refractivity contribution in [3.05, 3.63) is 75.8 Å². The van der Waals surface area contributed by atoms with Crippen LogP contribution in [0.15, 0.2) is 59.6 Å². The molecule has 23 heavy (non-hydrogen) atoms. The van der Waals surface area contributed by atoms with Crippen LogP contribution < -0.4 is 0 Å². The van der Waals surface area contributed by atoms with Gasteiger partial charge in [0.25, 0.3) is 0 Å². The van der Waals surface area contributed by atoms with Crippen LogP contribution in [0.3, 0.4) is 0 Å². The van der Waals surface area contributed by atoms with E-state index < -0.39 is 0 Å². The van der Waals surface area contributed by atoms with Crippen LogP contribution >= 0.6 is 23.2 Å². The standard InChI is InChI=1S/C20H16Cl2O/c1-13-8-16(4-7-20(13)22)18-10-14(12-23)9-17(11-18)15-2-5-19(21)6-3-15/h2-7,9-13H,8H2,1H3. The summed E-state index contributed by atoms with van der Waals surface area (Å²) in [6, 6.07) is 13.6. The van der Waals surface area contributed by atoms with E-state index in [1.807, 2.05) is 48.6 Å². The van der Waals surface area contributed by atoms with Crippen LogP contribution in [0, 0.1) is 5.92 Å². The van der Waals surface area contributed by atoms with Crippen LogP contribution in [0.2, 0.25) is 5.02 Å². The maximum absolute atomic E-state index is 11.3. The molecule has 0 fully saturated rings. The van der Waals surface area contributed by atoms with E-state index in [9.17, 15) is 4.79 Å². The maximum atomic E-state index is 11.3. The zero-order valence-corrected chi connectivity index (χ0v) is 14.2. The van der Waals surface area contributed by atoms with Crippen LogP contribution in [0.5, 0.6) is 0 Å². The molecule has 2 aromatic rings. The van der Waals surface area contributed by atoms with E-state index in [1.54, 1.807) is 0 Å². The average molecular weight is 343 g/mol.